The molecule has 0 aliphatic carbocycles. The molecular formula is C7H12OS. The minimum Gasteiger partial charge on any atom is -0.259 e. The Bertz CT molecular complexity index is 129. The Kier molecular flexibility index (Phi) is 4.32. The van der Waals surface area contributed by atoms with Crippen LogP contribution in [0.2, 0.25) is 0 Å². The maximum atomic E-state index is 10.8. The van der Waals surface area contributed by atoms with Crippen LogP contribution in [0.3, 0.4) is 0 Å². The molecule has 0 saturated heterocycles. The van der Waals surface area contributed by atoms with E-state index in [2.05, 4.69) is 13.2 Å². The molecule has 0 aromatic heterocycles. The van der Waals surface area contributed by atoms with E-state index in [4.69, 9.17) is 0 Å². The summed E-state index contributed by atoms with van der Waals surface area (Å²) in [6.07, 6.45) is 5.90. The van der Waals surface area contributed by atoms with Gasteiger partial charge in [-0.2, -0.15) is 0 Å². The van der Waals surface area contributed by atoms with E-state index in [1.165, 1.54) is 0 Å². The molecule has 0 aromatic carbocycles. The van der Waals surface area contributed by atoms with Crippen molar-refractivity contribution in [3.63, 3.8) is 0 Å². The summed E-state index contributed by atoms with van der Waals surface area (Å²) in [7, 11) is -0.793. The lowest BCUT2D eigenvalue weighted by Crippen LogP contribution is -2.08. The Morgan fingerprint density at radius 1 is 1.67 bits per heavy atom. The Hall–Kier alpha value is -0.370. The third-order valence-corrected chi connectivity index (χ3v) is 2.33. The van der Waals surface area contributed by atoms with Gasteiger partial charge in [-0.25, -0.2) is 0 Å². The van der Waals surface area contributed by atoms with Gasteiger partial charge in [0, 0.05) is 17.1 Å². The number of allylic oxidation sites excluding steroid dienone is 1. The Balaban J connectivity index is 3.81. The third-order valence-electron chi connectivity index (χ3n) is 1.09. The third kappa shape index (κ3) is 3.25. The van der Waals surface area contributed by atoms with Crippen molar-refractivity contribution in [2.75, 3.05) is 6.26 Å². The van der Waals surface area contributed by atoms with E-state index in [-0.39, 0.29) is 5.25 Å². The van der Waals surface area contributed by atoms with Crippen LogP contribution in [0.15, 0.2) is 25.3 Å². The van der Waals surface area contributed by atoms with E-state index in [1.54, 1.807) is 18.4 Å². The molecule has 0 rings (SSSR count). The highest BCUT2D eigenvalue weighted by molar-refractivity contribution is 7.85. The molecule has 2 atom stereocenters. The zero-order chi connectivity index (χ0) is 7.28. The second kappa shape index (κ2) is 4.50. The zero-order valence-corrected chi connectivity index (χ0v) is 6.49. The summed E-state index contributed by atoms with van der Waals surface area (Å²) >= 11 is 0. The molecule has 0 radical (unpaired) electrons. The van der Waals surface area contributed by atoms with Gasteiger partial charge in [0.05, 0.1) is 5.25 Å². The number of hydrogen-bond acceptors (Lipinski definition) is 1. The first-order valence-electron chi connectivity index (χ1n) is 2.78. The first-order valence-corrected chi connectivity index (χ1v) is 4.40. The lowest BCUT2D eigenvalue weighted by atomic mass is 10.3. The fourth-order valence-corrected chi connectivity index (χ4v) is 1.21. The van der Waals surface area contributed by atoms with Crippen LogP contribution in [-0.4, -0.2) is 15.7 Å². The van der Waals surface area contributed by atoms with Crippen molar-refractivity contribution in [2.24, 2.45) is 0 Å². The number of hydrogen-bond donors (Lipinski definition) is 0. The molecule has 9 heavy (non-hydrogen) atoms. The second-order valence-corrected chi connectivity index (χ2v) is 3.40. The van der Waals surface area contributed by atoms with Gasteiger partial charge in [0.1, 0.15) is 0 Å². The van der Waals surface area contributed by atoms with Crippen molar-refractivity contribution in [3.8, 4) is 0 Å². The largest absolute Gasteiger partial charge is 0.259 e. The fourth-order valence-electron chi connectivity index (χ4n) is 0.532. The molecule has 0 bridgehead atoms. The van der Waals surface area contributed by atoms with Crippen LogP contribution in [0.1, 0.15) is 6.42 Å². The van der Waals surface area contributed by atoms with Gasteiger partial charge in [0.15, 0.2) is 0 Å². The molecule has 0 spiro atoms. The summed E-state index contributed by atoms with van der Waals surface area (Å²) in [6, 6.07) is 0. The quantitative estimate of drug-likeness (QED) is 0.546. The Labute approximate surface area is 58.9 Å². The molecule has 2 heteroatoms. The van der Waals surface area contributed by atoms with Crippen LogP contribution in [-0.2, 0) is 10.8 Å². The Morgan fingerprint density at radius 2 is 2.22 bits per heavy atom. The SMILES string of the molecule is C=CCC(C=C)S(C)=O. The second-order valence-electron chi connectivity index (χ2n) is 1.80. The van der Waals surface area contributed by atoms with Gasteiger partial charge >= 0.3 is 0 Å². The van der Waals surface area contributed by atoms with Crippen molar-refractivity contribution in [1.29, 1.82) is 0 Å². The van der Waals surface area contributed by atoms with Gasteiger partial charge in [-0.1, -0.05) is 12.2 Å². The lowest BCUT2D eigenvalue weighted by molar-refractivity contribution is 0.681. The minimum absolute atomic E-state index is 0.0856. The summed E-state index contributed by atoms with van der Waals surface area (Å²) < 4.78 is 10.8. The highest BCUT2D eigenvalue weighted by Gasteiger charge is 2.03. The normalized spacial score (nSPS) is 16.1. The van der Waals surface area contributed by atoms with Crippen LogP contribution < -0.4 is 0 Å². The molecule has 2 unspecified atom stereocenters. The molecule has 0 aromatic rings. The molecule has 0 aliphatic heterocycles. The fraction of sp³-hybridized carbons (Fsp3) is 0.429. The van der Waals surface area contributed by atoms with Gasteiger partial charge in [0.25, 0.3) is 0 Å². The highest BCUT2D eigenvalue weighted by Crippen LogP contribution is 2.00. The van der Waals surface area contributed by atoms with E-state index in [0.717, 1.165) is 6.42 Å². The van der Waals surface area contributed by atoms with E-state index in [9.17, 15) is 4.21 Å². The molecule has 0 aliphatic rings. The van der Waals surface area contributed by atoms with Crippen molar-refractivity contribution >= 4 is 10.8 Å². The predicted molar refractivity (Wildman–Crippen MR) is 42.9 cm³/mol. The average Bonchev–Trinajstić information content (AvgIpc) is 1.82. The topological polar surface area (TPSA) is 17.1 Å². The lowest BCUT2D eigenvalue weighted by Gasteiger charge is -2.03. The average molecular weight is 144 g/mol. The monoisotopic (exact) mass is 144 g/mol. The van der Waals surface area contributed by atoms with Crippen LogP contribution in [0, 0.1) is 0 Å². The van der Waals surface area contributed by atoms with E-state index >= 15 is 0 Å². The molecule has 0 N–H and O–H groups in total. The zero-order valence-electron chi connectivity index (χ0n) is 5.67. The maximum absolute atomic E-state index is 10.8. The van der Waals surface area contributed by atoms with Crippen molar-refractivity contribution in [2.45, 2.75) is 11.7 Å². The summed E-state index contributed by atoms with van der Waals surface area (Å²) in [5, 5.41) is 0.0856. The summed E-state index contributed by atoms with van der Waals surface area (Å²) in [5.41, 5.74) is 0. The maximum Gasteiger partial charge on any atom is 0.0556 e. The van der Waals surface area contributed by atoms with E-state index in [0.29, 0.717) is 0 Å². The van der Waals surface area contributed by atoms with Gasteiger partial charge in [0.2, 0.25) is 0 Å². The van der Waals surface area contributed by atoms with Gasteiger partial charge < -0.3 is 0 Å². The van der Waals surface area contributed by atoms with Crippen LogP contribution in [0.5, 0.6) is 0 Å². The smallest absolute Gasteiger partial charge is 0.0556 e. The van der Waals surface area contributed by atoms with Crippen LogP contribution in [0.4, 0.5) is 0 Å². The van der Waals surface area contributed by atoms with E-state index < -0.39 is 10.8 Å². The van der Waals surface area contributed by atoms with Crippen LogP contribution >= 0.6 is 0 Å². The number of rotatable bonds is 4. The van der Waals surface area contributed by atoms with Gasteiger partial charge in [-0.05, 0) is 6.42 Å². The van der Waals surface area contributed by atoms with Crippen molar-refractivity contribution in [1.82, 2.24) is 0 Å². The first kappa shape index (κ1) is 8.63. The van der Waals surface area contributed by atoms with Gasteiger partial charge in [-0.3, -0.25) is 4.21 Å². The molecule has 52 valence electrons. The molecule has 0 fully saturated rings. The molecule has 0 amide bonds. The molecule has 0 saturated carbocycles. The minimum atomic E-state index is -0.793. The van der Waals surface area contributed by atoms with Gasteiger partial charge in [-0.15, -0.1) is 13.2 Å². The van der Waals surface area contributed by atoms with Crippen molar-refractivity contribution < 1.29 is 4.21 Å². The van der Waals surface area contributed by atoms with E-state index in [1.807, 2.05) is 0 Å². The first-order chi connectivity index (χ1) is 4.22. The Morgan fingerprint density at radius 3 is 2.33 bits per heavy atom. The summed E-state index contributed by atoms with van der Waals surface area (Å²) in [5.74, 6) is 0. The highest BCUT2D eigenvalue weighted by atomic mass is 32.2. The van der Waals surface area contributed by atoms with Crippen LogP contribution in [0.25, 0.3) is 0 Å². The summed E-state index contributed by atoms with van der Waals surface area (Å²) in [4.78, 5) is 0. The molecular weight excluding hydrogens is 132 g/mol. The summed E-state index contributed by atoms with van der Waals surface area (Å²) in [6.45, 7) is 7.11. The molecule has 0 heterocycles. The molecule has 1 nitrogen and oxygen atoms in total. The standard InChI is InChI=1S/C7H12OS/c1-4-6-7(5-2)9(3)8/h4-5,7H,1-2,6H2,3H3. The predicted octanol–water partition coefficient (Wildman–Crippen LogP) is 1.50. The van der Waals surface area contributed by atoms with Crippen molar-refractivity contribution in [3.05, 3.63) is 25.3 Å².